The fourth-order valence-corrected chi connectivity index (χ4v) is 4.69. The summed E-state index contributed by atoms with van der Waals surface area (Å²) in [6.45, 7) is 2.68. The summed E-state index contributed by atoms with van der Waals surface area (Å²) in [6.07, 6.45) is 0.837. The van der Waals surface area contributed by atoms with Gasteiger partial charge >= 0.3 is 0 Å². The second kappa shape index (κ2) is 9.99. The molecule has 1 amide bonds. The van der Waals surface area contributed by atoms with Gasteiger partial charge in [-0.2, -0.15) is 0 Å². The van der Waals surface area contributed by atoms with Gasteiger partial charge in [-0.1, -0.05) is 30.3 Å². The number of amides is 1. The third-order valence-corrected chi connectivity index (χ3v) is 6.72. The first-order valence-electron chi connectivity index (χ1n) is 9.55. The van der Waals surface area contributed by atoms with Gasteiger partial charge in [0, 0.05) is 18.7 Å². The Morgan fingerprint density at radius 1 is 1.22 bits per heavy atom. The molecule has 9 nitrogen and oxygen atoms in total. The van der Waals surface area contributed by atoms with E-state index in [0.29, 0.717) is 39.4 Å². The van der Waals surface area contributed by atoms with Crippen LogP contribution in [0, 0.1) is 0 Å². The summed E-state index contributed by atoms with van der Waals surface area (Å²) in [6, 6.07) is 7.71. The number of anilines is 1. The van der Waals surface area contributed by atoms with Gasteiger partial charge in [0.25, 0.3) is 0 Å². The molecule has 3 aromatic rings. The van der Waals surface area contributed by atoms with Gasteiger partial charge in [0.15, 0.2) is 5.16 Å². The number of hydrogen-bond acceptors (Lipinski definition) is 7. The topological polar surface area (TPSA) is 126 Å². The van der Waals surface area contributed by atoms with Gasteiger partial charge in [-0.05, 0) is 24.6 Å². The highest BCUT2D eigenvalue weighted by Gasteiger charge is 2.17. The van der Waals surface area contributed by atoms with E-state index < -0.39 is 10.0 Å². The summed E-state index contributed by atoms with van der Waals surface area (Å²) in [7, 11) is -0.879. The monoisotopic (exact) mass is 498 g/mol. The Labute approximate surface area is 195 Å². The molecule has 2 aromatic carbocycles. The fraction of sp³-hybridized carbons (Fsp3) is 0.300. The normalized spacial score (nSPS) is 11.5. The largest absolute Gasteiger partial charge is 0.495 e. The molecule has 0 bridgehead atoms. The number of sulfonamides is 1. The fourth-order valence-electron chi connectivity index (χ4n) is 3.09. The number of hydrogen-bond donors (Lipinski definition) is 2. The van der Waals surface area contributed by atoms with Crippen molar-refractivity contribution in [2.45, 2.75) is 29.9 Å². The zero-order valence-corrected chi connectivity index (χ0v) is 20.1. The second-order valence-electron chi connectivity index (χ2n) is 6.77. The van der Waals surface area contributed by atoms with E-state index in [1.165, 1.54) is 38.1 Å². The average molecular weight is 499 g/mol. The van der Waals surface area contributed by atoms with Crippen molar-refractivity contribution < 1.29 is 22.7 Å². The number of benzene rings is 2. The summed E-state index contributed by atoms with van der Waals surface area (Å²) in [5, 5.41) is 8.99. The van der Waals surface area contributed by atoms with E-state index in [4.69, 9.17) is 26.2 Å². The standard InChI is InChI=1S/C20H23ClN4O5S2/c1-4-7-25-16-6-5-12(32(22,27)28)8-14(16)24-20(25)31-11-19(26)23-15-10-17(29-2)13(21)9-18(15)30-3/h5-6,8-10H,4,7,11H2,1-3H3,(H,23,26)(H2,22,27,28). The molecule has 1 aromatic heterocycles. The van der Waals surface area contributed by atoms with Crippen molar-refractivity contribution in [3.63, 3.8) is 0 Å². The van der Waals surface area contributed by atoms with Gasteiger partial charge in [0.1, 0.15) is 11.5 Å². The van der Waals surface area contributed by atoms with Crippen LogP contribution in [0.4, 0.5) is 5.69 Å². The Hall–Kier alpha value is -2.47. The average Bonchev–Trinajstić information content (AvgIpc) is 3.09. The van der Waals surface area contributed by atoms with Gasteiger partial charge in [0.2, 0.25) is 15.9 Å². The van der Waals surface area contributed by atoms with Crippen molar-refractivity contribution in [3.05, 3.63) is 35.4 Å². The number of fused-ring (bicyclic) bond motifs is 1. The number of halogens is 1. The van der Waals surface area contributed by atoms with Crippen LogP contribution in [0.25, 0.3) is 11.0 Å². The van der Waals surface area contributed by atoms with Crippen LogP contribution in [-0.4, -0.2) is 43.8 Å². The maximum absolute atomic E-state index is 12.6. The number of primary sulfonamides is 1. The third-order valence-electron chi connectivity index (χ3n) is 4.54. The lowest BCUT2D eigenvalue weighted by Crippen LogP contribution is -2.15. The lowest BCUT2D eigenvalue weighted by atomic mass is 10.2. The third kappa shape index (κ3) is 5.29. The first kappa shape index (κ1) is 24.2. The summed E-state index contributed by atoms with van der Waals surface area (Å²) in [5.41, 5.74) is 1.70. The summed E-state index contributed by atoms with van der Waals surface area (Å²) in [4.78, 5) is 17.1. The van der Waals surface area contributed by atoms with E-state index in [1.807, 2.05) is 11.5 Å². The van der Waals surface area contributed by atoms with Crippen molar-refractivity contribution in [1.82, 2.24) is 9.55 Å². The number of thioether (sulfide) groups is 1. The molecular weight excluding hydrogens is 476 g/mol. The van der Waals surface area contributed by atoms with E-state index in [2.05, 4.69) is 10.3 Å². The van der Waals surface area contributed by atoms with Gasteiger partial charge < -0.3 is 19.4 Å². The van der Waals surface area contributed by atoms with E-state index >= 15 is 0 Å². The van der Waals surface area contributed by atoms with Crippen molar-refractivity contribution >= 4 is 56.0 Å². The van der Waals surface area contributed by atoms with Gasteiger partial charge in [-0.3, -0.25) is 4.79 Å². The van der Waals surface area contributed by atoms with E-state index in [1.54, 1.807) is 18.2 Å². The number of rotatable bonds is 9. The zero-order chi connectivity index (χ0) is 23.5. The Bertz CT molecular complexity index is 1260. The lowest BCUT2D eigenvalue weighted by molar-refractivity contribution is -0.113. The molecule has 0 spiro atoms. The molecule has 0 aliphatic heterocycles. The molecule has 32 heavy (non-hydrogen) atoms. The van der Waals surface area contributed by atoms with Crippen LogP contribution >= 0.6 is 23.4 Å². The predicted octanol–water partition coefficient (Wildman–Crippen LogP) is 3.50. The van der Waals surface area contributed by atoms with Crippen molar-refractivity contribution in [2.75, 3.05) is 25.3 Å². The SMILES string of the molecule is CCCn1c(SCC(=O)Nc2cc(OC)c(Cl)cc2OC)nc2cc(S(N)(=O)=O)ccc21. The van der Waals surface area contributed by atoms with Crippen LogP contribution in [0.3, 0.4) is 0 Å². The molecule has 0 aliphatic carbocycles. The highest BCUT2D eigenvalue weighted by atomic mass is 35.5. The zero-order valence-electron chi connectivity index (χ0n) is 17.7. The number of nitrogens with one attached hydrogen (secondary N) is 1. The van der Waals surface area contributed by atoms with Crippen molar-refractivity contribution in [3.8, 4) is 11.5 Å². The molecule has 0 fully saturated rings. The molecule has 172 valence electrons. The number of aromatic nitrogens is 2. The minimum absolute atomic E-state index is 0.00998. The summed E-state index contributed by atoms with van der Waals surface area (Å²) < 4.78 is 35.7. The van der Waals surface area contributed by atoms with Crippen LogP contribution < -0.4 is 19.9 Å². The Morgan fingerprint density at radius 2 is 1.94 bits per heavy atom. The van der Waals surface area contributed by atoms with Gasteiger partial charge in [0.05, 0.1) is 46.6 Å². The lowest BCUT2D eigenvalue weighted by Gasteiger charge is -2.13. The Balaban J connectivity index is 1.82. The number of nitrogens with two attached hydrogens (primary N) is 1. The van der Waals surface area contributed by atoms with E-state index in [-0.39, 0.29) is 16.6 Å². The molecule has 1 heterocycles. The van der Waals surface area contributed by atoms with Crippen LogP contribution in [0.5, 0.6) is 11.5 Å². The summed E-state index contributed by atoms with van der Waals surface area (Å²) >= 11 is 7.35. The maximum Gasteiger partial charge on any atom is 0.238 e. The van der Waals surface area contributed by atoms with E-state index in [9.17, 15) is 13.2 Å². The molecule has 0 aliphatic rings. The van der Waals surface area contributed by atoms with Crippen LogP contribution in [-0.2, 0) is 21.4 Å². The molecule has 0 atom stereocenters. The number of carbonyl (C=O) groups excluding carboxylic acids is 1. The first-order chi connectivity index (χ1) is 15.2. The summed E-state index contributed by atoms with van der Waals surface area (Å²) in [5.74, 6) is 0.607. The number of carbonyl (C=O) groups is 1. The van der Waals surface area contributed by atoms with Crippen molar-refractivity contribution in [2.24, 2.45) is 5.14 Å². The maximum atomic E-state index is 12.6. The molecule has 0 saturated heterocycles. The smallest absolute Gasteiger partial charge is 0.238 e. The number of nitrogens with zero attached hydrogens (tertiary/aromatic N) is 2. The number of methoxy groups -OCH3 is 2. The van der Waals surface area contributed by atoms with Gasteiger partial charge in [-0.15, -0.1) is 0 Å². The minimum atomic E-state index is -3.84. The Kier molecular flexibility index (Phi) is 7.55. The molecule has 0 unspecified atom stereocenters. The number of aryl methyl sites for hydroxylation is 1. The molecular formula is C20H23ClN4O5S2. The predicted molar refractivity (Wildman–Crippen MR) is 125 cm³/mol. The quantitative estimate of drug-likeness (QED) is 0.432. The minimum Gasteiger partial charge on any atom is -0.495 e. The highest BCUT2D eigenvalue weighted by molar-refractivity contribution is 7.99. The first-order valence-corrected chi connectivity index (χ1v) is 12.5. The molecule has 0 saturated carbocycles. The van der Waals surface area contributed by atoms with Crippen LogP contribution in [0.2, 0.25) is 5.02 Å². The molecule has 3 N–H and O–H groups in total. The Morgan fingerprint density at radius 3 is 2.56 bits per heavy atom. The van der Waals surface area contributed by atoms with Crippen LogP contribution in [0.15, 0.2) is 40.4 Å². The number of imidazole rings is 1. The number of ether oxygens (including phenoxy) is 2. The van der Waals surface area contributed by atoms with E-state index in [0.717, 1.165) is 11.9 Å². The molecule has 12 heteroatoms. The molecule has 0 radical (unpaired) electrons. The van der Waals surface area contributed by atoms with Crippen LogP contribution in [0.1, 0.15) is 13.3 Å². The molecule has 3 rings (SSSR count). The van der Waals surface area contributed by atoms with Gasteiger partial charge in [-0.25, -0.2) is 18.5 Å². The second-order valence-corrected chi connectivity index (χ2v) is 9.68. The van der Waals surface area contributed by atoms with Crippen molar-refractivity contribution in [1.29, 1.82) is 0 Å². The highest BCUT2D eigenvalue weighted by Crippen LogP contribution is 2.36.